The summed E-state index contributed by atoms with van der Waals surface area (Å²) in [5.74, 6) is 0.806. The van der Waals surface area contributed by atoms with E-state index in [4.69, 9.17) is 4.74 Å². The highest BCUT2D eigenvalue weighted by Crippen LogP contribution is 2.25. The maximum Gasteiger partial charge on any atom is 0.125 e. The zero-order chi connectivity index (χ0) is 17.6. The Morgan fingerprint density at radius 1 is 0.958 bits per heavy atom. The maximum absolute atomic E-state index is 10.0. The first-order valence-corrected chi connectivity index (χ1v) is 9.40. The van der Waals surface area contributed by atoms with Crippen LogP contribution in [0.1, 0.15) is 83.6 Å². The van der Waals surface area contributed by atoms with E-state index in [0.717, 1.165) is 12.8 Å². The van der Waals surface area contributed by atoms with Gasteiger partial charge in [0.2, 0.25) is 0 Å². The molecule has 0 spiro atoms. The molecule has 0 radical (unpaired) electrons. The van der Waals surface area contributed by atoms with E-state index in [-0.39, 0.29) is 5.75 Å². The van der Waals surface area contributed by atoms with E-state index in [1.165, 1.54) is 44.9 Å². The van der Waals surface area contributed by atoms with Crippen molar-refractivity contribution in [2.24, 2.45) is 5.16 Å². The molecule has 4 nitrogen and oxygen atoms in total. The molecule has 1 aromatic rings. The average molecular weight is 335 g/mol. The van der Waals surface area contributed by atoms with Gasteiger partial charge in [0.25, 0.3) is 0 Å². The summed E-state index contributed by atoms with van der Waals surface area (Å²) in [6, 6.07) is 5.04. The molecule has 0 saturated heterocycles. The summed E-state index contributed by atoms with van der Waals surface area (Å²) in [6.45, 7) is 4.71. The van der Waals surface area contributed by atoms with E-state index in [1.807, 2.05) is 6.92 Å². The van der Waals surface area contributed by atoms with Crippen molar-refractivity contribution in [2.45, 2.75) is 78.1 Å². The number of ether oxygens (including phenoxy) is 1. The SMILES string of the molecule is CCCCCCCCCCC/C(=N\O)c1cc(OCC)ccc1O. The molecule has 24 heavy (non-hydrogen) atoms. The second-order valence-corrected chi connectivity index (χ2v) is 6.24. The molecular formula is C20H33NO3. The molecule has 0 saturated carbocycles. The van der Waals surface area contributed by atoms with Gasteiger partial charge in [0.05, 0.1) is 12.3 Å². The standard InChI is InChI=1S/C20H33NO3/c1-3-5-6-7-8-9-10-11-12-13-19(21-23)18-16-17(24-4-2)14-15-20(18)22/h14-16,22-23H,3-13H2,1-2H3/b21-19+. The van der Waals surface area contributed by atoms with Crippen LogP contribution in [0.4, 0.5) is 0 Å². The van der Waals surface area contributed by atoms with Crippen LogP contribution < -0.4 is 4.74 Å². The highest BCUT2D eigenvalue weighted by Gasteiger charge is 2.11. The number of phenolic OH excluding ortho intramolecular Hbond substituents is 1. The van der Waals surface area contributed by atoms with Crippen LogP contribution >= 0.6 is 0 Å². The third-order valence-corrected chi connectivity index (χ3v) is 4.23. The Kier molecular flexibility index (Phi) is 10.7. The number of aromatic hydroxyl groups is 1. The molecule has 1 aromatic carbocycles. The average Bonchev–Trinajstić information content (AvgIpc) is 2.59. The molecular weight excluding hydrogens is 302 g/mol. The number of nitrogens with zero attached hydrogens (tertiary/aromatic N) is 1. The van der Waals surface area contributed by atoms with Crippen LogP contribution in [0, 0.1) is 0 Å². The van der Waals surface area contributed by atoms with Crippen LogP contribution in [0.5, 0.6) is 11.5 Å². The van der Waals surface area contributed by atoms with E-state index in [0.29, 0.717) is 30.1 Å². The first kappa shape index (κ1) is 20.3. The zero-order valence-electron chi connectivity index (χ0n) is 15.3. The Balaban J connectivity index is 2.34. The van der Waals surface area contributed by atoms with Gasteiger partial charge in [-0.15, -0.1) is 0 Å². The van der Waals surface area contributed by atoms with Gasteiger partial charge in [0.1, 0.15) is 11.5 Å². The molecule has 0 aromatic heterocycles. The Labute approximate surface area is 146 Å². The molecule has 0 aliphatic carbocycles. The highest BCUT2D eigenvalue weighted by molar-refractivity contribution is 6.02. The summed E-state index contributed by atoms with van der Waals surface area (Å²) in [5, 5.41) is 22.7. The molecule has 136 valence electrons. The van der Waals surface area contributed by atoms with Gasteiger partial charge in [0.15, 0.2) is 0 Å². The predicted octanol–water partition coefficient (Wildman–Crippen LogP) is 5.89. The predicted molar refractivity (Wildman–Crippen MR) is 99.4 cm³/mol. The number of rotatable bonds is 13. The van der Waals surface area contributed by atoms with Gasteiger partial charge in [-0.2, -0.15) is 0 Å². The smallest absolute Gasteiger partial charge is 0.125 e. The summed E-state index contributed by atoms with van der Waals surface area (Å²) in [4.78, 5) is 0. The van der Waals surface area contributed by atoms with E-state index < -0.39 is 0 Å². The van der Waals surface area contributed by atoms with E-state index in [2.05, 4.69) is 12.1 Å². The molecule has 0 unspecified atom stereocenters. The van der Waals surface area contributed by atoms with Crippen molar-refractivity contribution < 1.29 is 15.1 Å². The Morgan fingerprint density at radius 3 is 2.17 bits per heavy atom. The van der Waals surface area contributed by atoms with E-state index in [1.54, 1.807) is 18.2 Å². The van der Waals surface area contributed by atoms with E-state index in [9.17, 15) is 10.3 Å². The zero-order valence-corrected chi connectivity index (χ0v) is 15.3. The second-order valence-electron chi connectivity index (χ2n) is 6.24. The summed E-state index contributed by atoms with van der Waals surface area (Å²) >= 11 is 0. The third kappa shape index (κ3) is 7.71. The van der Waals surface area contributed by atoms with Crippen molar-refractivity contribution in [1.29, 1.82) is 0 Å². The van der Waals surface area contributed by atoms with Crippen molar-refractivity contribution in [1.82, 2.24) is 0 Å². The Bertz CT molecular complexity index is 486. The lowest BCUT2D eigenvalue weighted by Crippen LogP contribution is -2.03. The Hall–Kier alpha value is -1.71. The largest absolute Gasteiger partial charge is 0.507 e. The quantitative estimate of drug-likeness (QED) is 0.204. The molecule has 2 N–H and O–H groups in total. The fourth-order valence-electron chi connectivity index (χ4n) is 2.84. The van der Waals surface area contributed by atoms with Crippen molar-refractivity contribution in [2.75, 3.05) is 6.61 Å². The van der Waals surface area contributed by atoms with Gasteiger partial charge in [0, 0.05) is 5.56 Å². The molecule has 0 fully saturated rings. The minimum Gasteiger partial charge on any atom is -0.507 e. The molecule has 0 aliphatic heterocycles. The van der Waals surface area contributed by atoms with Gasteiger partial charge in [-0.05, 0) is 38.0 Å². The monoisotopic (exact) mass is 335 g/mol. The Morgan fingerprint density at radius 2 is 1.58 bits per heavy atom. The first-order valence-electron chi connectivity index (χ1n) is 9.40. The van der Waals surface area contributed by atoms with Crippen LogP contribution in [-0.4, -0.2) is 22.6 Å². The van der Waals surface area contributed by atoms with E-state index >= 15 is 0 Å². The molecule has 0 bridgehead atoms. The molecule has 4 heteroatoms. The first-order chi connectivity index (χ1) is 11.7. The summed E-state index contributed by atoms with van der Waals surface area (Å²) in [6.07, 6.45) is 11.9. The molecule has 0 heterocycles. The maximum atomic E-state index is 10.0. The lowest BCUT2D eigenvalue weighted by atomic mass is 10.0. The van der Waals surface area contributed by atoms with Gasteiger partial charge in [-0.3, -0.25) is 0 Å². The third-order valence-electron chi connectivity index (χ3n) is 4.23. The summed E-state index contributed by atoms with van der Waals surface area (Å²) in [7, 11) is 0. The van der Waals surface area contributed by atoms with Gasteiger partial charge >= 0.3 is 0 Å². The highest BCUT2D eigenvalue weighted by atomic mass is 16.5. The minimum atomic E-state index is 0.127. The topological polar surface area (TPSA) is 62.1 Å². The molecule has 0 amide bonds. The summed E-state index contributed by atoms with van der Waals surface area (Å²) < 4.78 is 5.45. The number of oxime groups is 1. The normalized spacial score (nSPS) is 11.7. The molecule has 0 atom stereocenters. The van der Waals surface area contributed by atoms with Crippen molar-refractivity contribution in [3.8, 4) is 11.5 Å². The van der Waals surface area contributed by atoms with Gasteiger partial charge in [-0.1, -0.05) is 63.4 Å². The van der Waals surface area contributed by atoms with Crippen LogP contribution in [0.25, 0.3) is 0 Å². The number of benzene rings is 1. The van der Waals surface area contributed by atoms with Crippen molar-refractivity contribution in [3.63, 3.8) is 0 Å². The molecule has 1 rings (SSSR count). The van der Waals surface area contributed by atoms with Gasteiger partial charge < -0.3 is 15.1 Å². The van der Waals surface area contributed by atoms with Crippen LogP contribution in [0.15, 0.2) is 23.4 Å². The number of unbranched alkanes of at least 4 members (excludes halogenated alkanes) is 8. The summed E-state index contributed by atoms with van der Waals surface area (Å²) in [5.41, 5.74) is 1.08. The molecule has 0 aliphatic rings. The number of hydrogen-bond acceptors (Lipinski definition) is 4. The van der Waals surface area contributed by atoms with Crippen LogP contribution in [0.2, 0.25) is 0 Å². The lowest BCUT2D eigenvalue weighted by Gasteiger charge is -2.10. The van der Waals surface area contributed by atoms with Crippen molar-refractivity contribution >= 4 is 5.71 Å². The number of hydrogen-bond donors (Lipinski definition) is 2. The minimum absolute atomic E-state index is 0.127. The second kappa shape index (κ2) is 12.7. The fourth-order valence-corrected chi connectivity index (χ4v) is 2.84. The fraction of sp³-hybridized carbons (Fsp3) is 0.650. The van der Waals surface area contributed by atoms with Crippen LogP contribution in [-0.2, 0) is 0 Å². The number of phenols is 1. The van der Waals surface area contributed by atoms with Crippen molar-refractivity contribution in [3.05, 3.63) is 23.8 Å². The van der Waals surface area contributed by atoms with Crippen LogP contribution in [0.3, 0.4) is 0 Å². The van der Waals surface area contributed by atoms with Gasteiger partial charge in [-0.25, -0.2) is 0 Å². The lowest BCUT2D eigenvalue weighted by molar-refractivity contribution is 0.317.